The number of nitrogens with one attached hydrogen (secondary N) is 1. The van der Waals surface area contributed by atoms with Crippen molar-refractivity contribution >= 4 is 5.91 Å². The second-order valence-electron chi connectivity index (χ2n) is 4.82. The molecule has 2 fully saturated rings. The Morgan fingerprint density at radius 3 is 2.50 bits per heavy atom. The fraction of sp³-hybridized carbons (Fsp3) is 0.909. The van der Waals surface area contributed by atoms with Crippen molar-refractivity contribution in [3.8, 4) is 0 Å². The summed E-state index contributed by atoms with van der Waals surface area (Å²) in [5.41, 5.74) is 5.63. The van der Waals surface area contributed by atoms with Crippen molar-refractivity contribution < 1.29 is 4.79 Å². The van der Waals surface area contributed by atoms with Gasteiger partial charge in [0.2, 0.25) is 5.91 Å². The first-order valence-electron chi connectivity index (χ1n) is 5.74. The summed E-state index contributed by atoms with van der Waals surface area (Å²) >= 11 is 0. The first kappa shape index (κ1) is 9.97. The van der Waals surface area contributed by atoms with Crippen LogP contribution >= 0.6 is 0 Å². The molecular weight excluding hydrogens is 176 g/mol. The number of amides is 1. The highest BCUT2D eigenvalue weighted by atomic mass is 16.2. The van der Waals surface area contributed by atoms with Crippen molar-refractivity contribution in [1.82, 2.24) is 5.32 Å². The van der Waals surface area contributed by atoms with Gasteiger partial charge in [-0.1, -0.05) is 19.8 Å². The van der Waals surface area contributed by atoms with Crippen LogP contribution in [-0.4, -0.2) is 18.0 Å². The van der Waals surface area contributed by atoms with Crippen LogP contribution in [0.4, 0.5) is 0 Å². The van der Waals surface area contributed by atoms with E-state index in [1.807, 2.05) is 0 Å². The molecule has 2 unspecified atom stereocenters. The zero-order valence-electron chi connectivity index (χ0n) is 8.88. The lowest BCUT2D eigenvalue weighted by molar-refractivity contribution is -0.131. The summed E-state index contributed by atoms with van der Waals surface area (Å²) in [5, 5.41) is 3.07. The molecule has 0 heterocycles. The van der Waals surface area contributed by atoms with E-state index < -0.39 is 0 Å². The molecule has 0 aromatic carbocycles. The van der Waals surface area contributed by atoms with Crippen molar-refractivity contribution in [2.45, 2.75) is 57.5 Å². The third-order valence-corrected chi connectivity index (χ3v) is 3.88. The van der Waals surface area contributed by atoms with Gasteiger partial charge in [0.15, 0.2) is 0 Å². The monoisotopic (exact) mass is 196 g/mol. The fourth-order valence-corrected chi connectivity index (χ4v) is 2.50. The molecule has 0 saturated heterocycles. The minimum Gasteiger partial charge on any atom is -0.351 e. The van der Waals surface area contributed by atoms with Gasteiger partial charge in [-0.15, -0.1) is 0 Å². The van der Waals surface area contributed by atoms with Crippen LogP contribution in [0.3, 0.4) is 0 Å². The molecule has 1 amide bonds. The average molecular weight is 196 g/mol. The van der Waals surface area contributed by atoms with E-state index in [2.05, 4.69) is 12.2 Å². The average Bonchev–Trinajstić information content (AvgIpc) is 2.73. The van der Waals surface area contributed by atoms with E-state index in [1.165, 1.54) is 12.8 Å². The quantitative estimate of drug-likeness (QED) is 0.712. The summed E-state index contributed by atoms with van der Waals surface area (Å²) in [6, 6.07) is 0.487. The summed E-state index contributed by atoms with van der Waals surface area (Å²) in [6.07, 6.45) is 6.48. The number of carbonyl (C=O) groups excluding carboxylic acids is 1. The molecular formula is C11H20N2O. The molecule has 3 N–H and O–H groups in total. The van der Waals surface area contributed by atoms with Gasteiger partial charge in [0, 0.05) is 17.5 Å². The molecule has 2 aliphatic carbocycles. The van der Waals surface area contributed by atoms with Gasteiger partial charge in [0.1, 0.15) is 0 Å². The number of rotatable bonds is 3. The highest BCUT2D eigenvalue weighted by molar-refractivity contribution is 5.83. The lowest BCUT2D eigenvalue weighted by Crippen LogP contribution is -2.41. The smallest absolute Gasteiger partial charge is 0.226 e. The summed E-state index contributed by atoms with van der Waals surface area (Å²) in [4.78, 5) is 12.0. The number of nitrogens with two attached hydrogens (primary N) is 1. The van der Waals surface area contributed by atoms with E-state index in [1.54, 1.807) is 0 Å². The zero-order chi connectivity index (χ0) is 10.2. The van der Waals surface area contributed by atoms with Gasteiger partial charge in [0.05, 0.1) is 0 Å². The molecule has 2 rings (SSSR count). The van der Waals surface area contributed by atoms with Crippen LogP contribution in [0.25, 0.3) is 0 Å². The van der Waals surface area contributed by atoms with Crippen molar-refractivity contribution in [2.75, 3.05) is 0 Å². The van der Waals surface area contributed by atoms with Crippen molar-refractivity contribution in [3.63, 3.8) is 0 Å². The maximum atomic E-state index is 12.0. The van der Waals surface area contributed by atoms with Crippen LogP contribution in [0.5, 0.6) is 0 Å². The molecule has 2 aliphatic rings. The van der Waals surface area contributed by atoms with Crippen LogP contribution in [0.1, 0.15) is 45.4 Å². The minimum absolute atomic E-state index is 0.0533. The molecule has 3 heteroatoms. The summed E-state index contributed by atoms with van der Waals surface area (Å²) in [6.45, 7) is 2.12. The van der Waals surface area contributed by atoms with Crippen LogP contribution in [0.2, 0.25) is 0 Å². The molecule has 2 atom stereocenters. The van der Waals surface area contributed by atoms with E-state index >= 15 is 0 Å². The van der Waals surface area contributed by atoms with Crippen molar-refractivity contribution in [1.29, 1.82) is 0 Å². The normalized spacial score (nSPS) is 34.1. The molecule has 3 nitrogen and oxygen atoms in total. The molecule has 0 aromatic rings. The summed E-state index contributed by atoms with van der Waals surface area (Å²) < 4.78 is 0. The van der Waals surface area contributed by atoms with Crippen molar-refractivity contribution in [3.05, 3.63) is 0 Å². The number of hydrogen-bond acceptors (Lipinski definition) is 2. The Morgan fingerprint density at radius 1 is 1.50 bits per heavy atom. The number of hydrogen-bond donors (Lipinski definition) is 2. The first-order chi connectivity index (χ1) is 6.68. The predicted molar refractivity (Wildman–Crippen MR) is 55.7 cm³/mol. The molecule has 2 saturated carbocycles. The molecule has 80 valence electrons. The molecule has 0 bridgehead atoms. The zero-order valence-corrected chi connectivity index (χ0v) is 8.88. The van der Waals surface area contributed by atoms with E-state index in [9.17, 15) is 4.79 Å². The molecule has 0 aromatic heterocycles. The maximum Gasteiger partial charge on any atom is 0.226 e. The Labute approximate surface area is 85.4 Å². The predicted octanol–water partition coefficient (Wildman–Crippen LogP) is 1.17. The minimum atomic E-state index is -0.0533. The molecule has 0 spiro atoms. The Morgan fingerprint density at radius 2 is 2.07 bits per heavy atom. The van der Waals surface area contributed by atoms with E-state index in [4.69, 9.17) is 5.73 Å². The highest BCUT2D eigenvalue weighted by Crippen LogP contribution is 2.41. The summed E-state index contributed by atoms with van der Waals surface area (Å²) in [5.74, 6) is 0.260. The topological polar surface area (TPSA) is 55.1 Å². The van der Waals surface area contributed by atoms with Gasteiger partial charge in [0.25, 0.3) is 0 Å². The van der Waals surface area contributed by atoms with Gasteiger partial charge in [-0.25, -0.2) is 0 Å². The molecule has 14 heavy (non-hydrogen) atoms. The molecule has 0 radical (unpaired) electrons. The van der Waals surface area contributed by atoms with Gasteiger partial charge in [-0.2, -0.15) is 0 Å². The van der Waals surface area contributed by atoms with Crippen LogP contribution < -0.4 is 11.1 Å². The summed E-state index contributed by atoms with van der Waals surface area (Å²) in [7, 11) is 0. The first-order valence-corrected chi connectivity index (χ1v) is 5.74. The van der Waals surface area contributed by atoms with Gasteiger partial charge < -0.3 is 11.1 Å². The standard InChI is InChI=1S/C11H20N2O/c1-2-11(5-3-4-6-11)10(14)13-9-7-8(9)12/h8-9H,2-7,12H2,1H3,(H,13,14). The largest absolute Gasteiger partial charge is 0.351 e. The second-order valence-corrected chi connectivity index (χ2v) is 4.82. The van der Waals surface area contributed by atoms with Crippen LogP contribution in [0, 0.1) is 5.41 Å². The Kier molecular flexibility index (Phi) is 2.52. The number of carbonyl (C=O) groups is 1. The van der Waals surface area contributed by atoms with Crippen molar-refractivity contribution in [2.24, 2.45) is 11.1 Å². The lowest BCUT2D eigenvalue weighted by Gasteiger charge is -2.26. The third kappa shape index (κ3) is 1.65. The third-order valence-electron chi connectivity index (χ3n) is 3.88. The van der Waals surface area contributed by atoms with Gasteiger partial charge in [-0.05, 0) is 25.7 Å². The second kappa shape index (κ2) is 3.54. The Hall–Kier alpha value is -0.570. The Balaban J connectivity index is 1.94. The highest BCUT2D eigenvalue weighted by Gasteiger charge is 2.43. The van der Waals surface area contributed by atoms with E-state index in [0.717, 1.165) is 25.7 Å². The van der Waals surface area contributed by atoms with E-state index in [0.29, 0.717) is 0 Å². The Bertz CT molecular complexity index is 233. The van der Waals surface area contributed by atoms with Gasteiger partial charge in [-0.3, -0.25) is 4.79 Å². The molecule has 0 aliphatic heterocycles. The van der Waals surface area contributed by atoms with Crippen LogP contribution in [0.15, 0.2) is 0 Å². The van der Waals surface area contributed by atoms with Crippen LogP contribution in [-0.2, 0) is 4.79 Å². The lowest BCUT2D eigenvalue weighted by atomic mass is 9.82. The maximum absolute atomic E-state index is 12.0. The van der Waals surface area contributed by atoms with E-state index in [-0.39, 0.29) is 23.4 Å². The van der Waals surface area contributed by atoms with Gasteiger partial charge >= 0.3 is 0 Å². The fourth-order valence-electron chi connectivity index (χ4n) is 2.50. The SMILES string of the molecule is CCC1(C(=O)NC2CC2N)CCCC1.